The van der Waals surface area contributed by atoms with Crippen molar-refractivity contribution in [1.82, 2.24) is 4.90 Å². The number of benzene rings is 1. The van der Waals surface area contributed by atoms with Gasteiger partial charge in [0.25, 0.3) is 5.91 Å². The Bertz CT molecular complexity index is 552. The van der Waals surface area contributed by atoms with Crippen LogP contribution in [0.1, 0.15) is 54.9 Å². The Morgan fingerprint density at radius 1 is 1.14 bits per heavy atom. The third-order valence-corrected chi connectivity index (χ3v) is 5.04. The van der Waals surface area contributed by atoms with Crippen LogP contribution in [0.2, 0.25) is 0 Å². The van der Waals surface area contributed by atoms with Gasteiger partial charge in [0.2, 0.25) is 0 Å². The van der Waals surface area contributed by atoms with Crippen LogP contribution in [0.15, 0.2) is 24.3 Å². The molecule has 1 heterocycles. The van der Waals surface area contributed by atoms with Gasteiger partial charge in [-0.25, -0.2) is 0 Å². The first-order valence-corrected chi connectivity index (χ1v) is 7.88. The number of fused-ring (bicyclic) bond motifs is 1. The zero-order valence-electron chi connectivity index (χ0n) is 12.6. The maximum absolute atomic E-state index is 12.7. The highest BCUT2D eigenvalue weighted by atomic mass is 19.4. The molecule has 1 amide bonds. The van der Waals surface area contributed by atoms with Crippen LogP contribution >= 0.6 is 0 Å². The monoisotopic (exact) mass is 311 g/mol. The van der Waals surface area contributed by atoms with Gasteiger partial charge in [-0.2, -0.15) is 13.2 Å². The van der Waals surface area contributed by atoms with Gasteiger partial charge in [-0.05, 0) is 56.4 Å². The van der Waals surface area contributed by atoms with Gasteiger partial charge < -0.3 is 4.90 Å². The van der Waals surface area contributed by atoms with Crippen molar-refractivity contribution in [2.45, 2.75) is 57.3 Å². The lowest BCUT2D eigenvalue weighted by molar-refractivity contribution is -0.137. The van der Waals surface area contributed by atoms with E-state index in [4.69, 9.17) is 0 Å². The lowest BCUT2D eigenvalue weighted by atomic mass is 9.85. The molecule has 1 saturated heterocycles. The minimum absolute atomic E-state index is 0.129. The average molecular weight is 311 g/mol. The van der Waals surface area contributed by atoms with Gasteiger partial charge in [0.05, 0.1) is 5.56 Å². The van der Waals surface area contributed by atoms with Crippen LogP contribution in [0.5, 0.6) is 0 Å². The molecule has 1 saturated carbocycles. The first-order chi connectivity index (χ1) is 10.4. The zero-order chi connectivity index (χ0) is 15.9. The van der Waals surface area contributed by atoms with E-state index in [1.54, 1.807) is 0 Å². The fourth-order valence-corrected chi connectivity index (χ4v) is 4.01. The number of halogens is 3. The van der Waals surface area contributed by atoms with Gasteiger partial charge in [0.15, 0.2) is 0 Å². The summed E-state index contributed by atoms with van der Waals surface area (Å²) >= 11 is 0. The fraction of sp³-hybridized carbons (Fsp3) is 0.588. The average Bonchev–Trinajstić information content (AvgIpc) is 2.81. The van der Waals surface area contributed by atoms with E-state index in [2.05, 4.69) is 0 Å². The maximum atomic E-state index is 12.7. The predicted octanol–water partition coefficient (Wildman–Crippen LogP) is 4.50. The minimum Gasteiger partial charge on any atom is -0.333 e. The van der Waals surface area contributed by atoms with Crippen molar-refractivity contribution in [1.29, 1.82) is 0 Å². The van der Waals surface area contributed by atoms with Crippen LogP contribution in [0.3, 0.4) is 0 Å². The number of carbonyl (C=O) groups excluding carboxylic acids is 1. The molecule has 1 aromatic rings. The summed E-state index contributed by atoms with van der Waals surface area (Å²) in [5, 5.41) is 0. The van der Waals surface area contributed by atoms with E-state index in [1.807, 2.05) is 11.8 Å². The summed E-state index contributed by atoms with van der Waals surface area (Å²) in [5.74, 6) is 0.428. The SMILES string of the molecule is CC1CC2CCCCC2N1C(=O)c1ccc(C(F)(F)F)cc1. The van der Waals surface area contributed by atoms with Crippen LogP contribution in [-0.4, -0.2) is 22.9 Å². The number of hydrogen-bond donors (Lipinski definition) is 0. The molecule has 0 spiro atoms. The topological polar surface area (TPSA) is 20.3 Å². The summed E-state index contributed by atoms with van der Waals surface area (Å²) in [4.78, 5) is 14.6. The quantitative estimate of drug-likeness (QED) is 0.748. The molecule has 5 heteroatoms. The minimum atomic E-state index is -4.36. The second kappa shape index (κ2) is 5.60. The van der Waals surface area contributed by atoms with Crippen molar-refractivity contribution in [3.8, 4) is 0 Å². The number of carbonyl (C=O) groups is 1. The standard InChI is InChI=1S/C17H20F3NO/c1-11-10-13-4-2-3-5-15(13)21(11)16(22)12-6-8-14(9-7-12)17(18,19)20/h6-9,11,13,15H,2-5,10H2,1H3. The highest BCUT2D eigenvalue weighted by Gasteiger charge is 2.42. The second-order valence-corrected chi connectivity index (χ2v) is 6.48. The summed E-state index contributed by atoms with van der Waals surface area (Å²) in [6, 6.07) is 5.02. The molecule has 22 heavy (non-hydrogen) atoms. The second-order valence-electron chi connectivity index (χ2n) is 6.48. The van der Waals surface area contributed by atoms with Crippen LogP contribution in [0.4, 0.5) is 13.2 Å². The number of alkyl halides is 3. The summed E-state index contributed by atoms with van der Waals surface area (Å²) in [5.41, 5.74) is -0.361. The van der Waals surface area contributed by atoms with E-state index in [0.29, 0.717) is 11.5 Å². The van der Waals surface area contributed by atoms with Crippen LogP contribution in [0.25, 0.3) is 0 Å². The first-order valence-electron chi connectivity index (χ1n) is 7.88. The van der Waals surface area contributed by atoms with Crippen molar-refractivity contribution in [3.63, 3.8) is 0 Å². The largest absolute Gasteiger partial charge is 0.416 e. The molecule has 2 nitrogen and oxygen atoms in total. The highest BCUT2D eigenvalue weighted by Crippen LogP contribution is 2.40. The smallest absolute Gasteiger partial charge is 0.333 e. The molecule has 0 aromatic heterocycles. The lowest BCUT2D eigenvalue weighted by Gasteiger charge is -2.33. The Labute approximate surface area is 128 Å². The van der Waals surface area contributed by atoms with Crippen molar-refractivity contribution >= 4 is 5.91 Å². The molecule has 1 aliphatic heterocycles. The third-order valence-electron chi connectivity index (χ3n) is 5.04. The van der Waals surface area contributed by atoms with Crippen molar-refractivity contribution in [3.05, 3.63) is 35.4 Å². The Morgan fingerprint density at radius 2 is 1.77 bits per heavy atom. The maximum Gasteiger partial charge on any atom is 0.416 e. The van der Waals surface area contributed by atoms with Gasteiger partial charge >= 0.3 is 6.18 Å². The van der Waals surface area contributed by atoms with E-state index in [9.17, 15) is 18.0 Å². The molecule has 1 aliphatic carbocycles. The highest BCUT2D eigenvalue weighted by molar-refractivity contribution is 5.95. The summed E-state index contributed by atoms with van der Waals surface area (Å²) < 4.78 is 37.8. The van der Waals surface area contributed by atoms with Gasteiger partial charge in [-0.1, -0.05) is 12.8 Å². The molecular weight excluding hydrogens is 291 g/mol. The van der Waals surface area contributed by atoms with E-state index in [0.717, 1.165) is 37.8 Å². The van der Waals surface area contributed by atoms with Crippen molar-refractivity contribution < 1.29 is 18.0 Å². The lowest BCUT2D eigenvalue weighted by Crippen LogP contribution is -2.42. The third kappa shape index (κ3) is 2.73. The number of amides is 1. The van der Waals surface area contributed by atoms with E-state index in [1.165, 1.54) is 18.6 Å². The molecule has 3 rings (SSSR count). The normalized spacial score (nSPS) is 28.5. The van der Waals surface area contributed by atoms with E-state index < -0.39 is 11.7 Å². The Balaban J connectivity index is 1.81. The number of nitrogens with zero attached hydrogens (tertiary/aromatic N) is 1. The van der Waals surface area contributed by atoms with E-state index in [-0.39, 0.29) is 18.0 Å². The summed E-state index contributed by atoms with van der Waals surface area (Å²) in [7, 11) is 0. The fourth-order valence-electron chi connectivity index (χ4n) is 4.01. The molecule has 3 atom stereocenters. The molecule has 2 fully saturated rings. The van der Waals surface area contributed by atoms with Crippen molar-refractivity contribution in [2.75, 3.05) is 0 Å². The summed E-state index contributed by atoms with van der Waals surface area (Å²) in [6.07, 6.45) is 1.17. The molecule has 3 unspecified atom stereocenters. The van der Waals surface area contributed by atoms with Gasteiger partial charge in [0.1, 0.15) is 0 Å². The predicted molar refractivity (Wildman–Crippen MR) is 77.4 cm³/mol. The van der Waals surface area contributed by atoms with Crippen LogP contribution in [0, 0.1) is 5.92 Å². The molecular formula is C17H20F3NO. The molecule has 2 aliphatic rings. The van der Waals surface area contributed by atoms with E-state index >= 15 is 0 Å². The Morgan fingerprint density at radius 3 is 2.41 bits per heavy atom. The Hall–Kier alpha value is -1.52. The molecule has 1 aromatic carbocycles. The summed E-state index contributed by atoms with van der Waals surface area (Å²) in [6.45, 7) is 2.04. The molecule has 0 bridgehead atoms. The first kappa shape index (κ1) is 15.4. The van der Waals surface area contributed by atoms with Crippen molar-refractivity contribution in [2.24, 2.45) is 5.92 Å². The van der Waals surface area contributed by atoms with Crippen LogP contribution in [-0.2, 0) is 6.18 Å². The zero-order valence-corrected chi connectivity index (χ0v) is 12.6. The van der Waals surface area contributed by atoms with Gasteiger partial charge in [0, 0.05) is 17.6 Å². The van der Waals surface area contributed by atoms with Gasteiger partial charge in [-0.15, -0.1) is 0 Å². The van der Waals surface area contributed by atoms with Gasteiger partial charge in [-0.3, -0.25) is 4.79 Å². The molecule has 120 valence electrons. The number of hydrogen-bond acceptors (Lipinski definition) is 1. The number of likely N-dealkylation sites (tertiary alicyclic amines) is 1. The molecule has 0 radical (unpaired) electrons. The van der Waals surface area contributed by atoms with Crippen LogP contribution < -0.4 is 0 Å². The Kier molecular flexibility index (Phi) is 3.91. The number of rotatable bonds is 1. The molecule has 0 N–H and O–H groups in total.